The summed E-state index contributed by atoms with van der Waals surface area (Å²) in [5, 5.41) is 3.01. The van der Waals surface area contributed by atoms with Crippen LogP contribution in [0.2, 0.25) is 0 Å². The Morgan fingerprint density at radius 1 is 1.16 bits per heavy atom. The number of nitrogens with one attached hydrogen (secondary N) is 1. The molecule has 0 spiro atoms. The standard InChI is InChI=1S/C14H14F3NO/c1-9(18-2)12-6-7-13(19-12)10-4-3-5-11(8-10)14(15,16)17/h3-9,18H,1-2H3. The van der Waals surface area contributed by atoms with E-state index >= 15 is 0 Å². The summed E-state index contributed by atoms with van der Waals surface area (Å²) >= 11 is 0. The fraction of sp³-hybridized carbons (Fsp3) is 0.286. The first kappa shape index (κ1) is 13.7. The highest BCUT2D eigenvalue weighted by Gasteiger charge is 2.30. The van der Waals surface area contributed by atoms with E-state index in [0.29, 0.717) is 17.1 Å². The van der Waals surface area contributed by atoms with Crippen LogP contribution in [0.4, 0.5) is 13.2 Å². The van der Waals surface area contributed by atoms with E-state index in [1.54, 1.807) is 25.2 Å². The third-order valence-corrected chi connectivity index (χ3v) is 2.96. The van der Waals surface area contributed by atoms with Gasteiger partial charge in [0.25, 0.3) is 0 Å². The number of hydrogen-bond donors (Lipinski definition) is 1. The van der Waals surface area contributed by atoms with Gasteiger partial charge >= 0.3 is 6.18 Å². The van der Waals surface area contributed by atoms with Crippen LogP contribution in [0.15, 0.2) is 40.8 Å². The topological polar surface area (TPSA) is 25.2 Å². The van der Waals surface area contributed by atoms with Gasteiger partial charge in [0.15, 0.2) is 0 Å². The first-order valence-corrected chi connectivity index (χ1v) is 5.86. The van der Waals surface area contributed by atoms with Crippen LogP contribution in [0.1, 0.15) is 24.3 Å². The number of halogens is 3. The van der Waals surface area contributed by atoms with Crippen molar-refractivity contribution in [2.45, 2.75) is 19.1 Å². The van der Waals surface area contributed by atoms with Crippen molar-refractivity contribution in [1.29, 1.82) is 0 Å². The zero-order chi connectivity index (χ0) is 14.0. The maximum Gasteiger partial charge on any atom is 0.416 e. The summed E-state index contributed by atoms with van der Waals surface area (Å²) in [6.07, 6.45) is -4.34. The highest BCUT2D eigenvalue weighted by Crippen LogP contribution is 2.33. The average Bonchev–Trinajstić information content (AvgIpc) is 2.86. The Kier molecular flexibility index (Phi) is 3.66. The van der Waals surface area contributed by atoms with Crippen molar-refractivity contribution in [3.8, 4) is 11.3 Å². The van der Waals surface area contributed by atoms with Gasteiger partial charge in [0.05, 0.1) is 11.6 Å². The molecule has 2 aromatic rings. The molecule has 2 rings (SSSR count). The molecular weight excluding hydrogens is 255 g/mol. The highest BCUT2D eigenvalue weighted by atomic mass is 19.4. The molecule has 0 saturated carbocycles. The molecule has 2 nitrogen and oxygen atoms in total. The van der Waals surface area contributed by atoms with Crippen LogP contribution >= 0.6 is 0 Å². The molecule has 0 fully saturated rings. The fourth-order valence-corrected chi connectivity index (χ4v) is 1.73. The number of rotatable bonds is 3. The zero-order valence-corrected chi connectivity index (χ0v) is 10.6. The van der Waals surface area contributed by atoms with E-state index in [1.807, 2.05) is 6.92 Å². The minimum Gasteiger partial charge on any atom is -0.459 e. The predicted octanol–water partition coefficient (Wildman–Crippen LogP) is 4.25. The molecule has 0 amide bonds. The molecule has 102 valence electrons. The molecule has 0 bridgehead atoms. The van der Waals surface area contributed by atoms with Gasteiger partial charge in [-0.15, -0.1) is 0 Å². The van der Waals surface area contributed by atoms with Gasteiger partial charge in [-0.2, -0.15) is 13.2 Å². The molecule has 0 radical (unpaired) electrons. The van der Waals surface area contributed by atoms with Crippen LogP contribution < -0.4 is 5.32 Å². The molecule has 0 aliphatic rings. The predicted molar refractivity (Wildman–Crippen MR) is 66.6 cm³/mol. The molecule has 1 unspecified atom stereocenters. The van der Waals surface area contributed by atoms with Gasteiger partial charge in [-0.25, -0.2) is 0 Å². The van der Waals surface area contributed by atoms with Crippen molar-refractivity contribution in [3.63, 3.8) is 0 Å². The summed E-state index contributed by atoms with van der Waals surface area (Å²) in [7, 11) is 1.79. The zero-order valence-electron chi connectivity index (χ0n) is 10.6. The van der Waals surface area contributed by atoms with Crippen LogP contribution in [0, 0.1) is 0 Å². The smallest absolute Gasteiger partial charge is 0.416 e. The van der Waals surface area contributed by atoms with Gasteiger partial charge in [-0.1, -0.05) is 12.1 Å². The molecule has 0 saturated heterocycles. The summed E-state index contributed by atoms with van der Waals surface area (Å²) in [6.45, 7) is 1.91. The largest absolute Gasteiger partial charge is 0.459 e. The summed E-state index contributed by atoms with van der Waals surface area (Å²) in [4.78, 5) is 0. The second kappa shape index (κ2) is 5.09. The van der Waals surface area contributed by atoms with Crippen LogP contribution in [-0.4, -0.2) is 7.05 Å². The second-order valence-electron chi connectivity index (χ2n) is 4.29. The molecule has 5 heteroatoms. The van der Waals surface area contributed by atoms with Gasteiger partial charge in [-0.3, -0.25) is 0 Å². The number of hydrogen-bond acceptors (Lipinski definition) is 2. The van der Waals surface area contributed by atoms with E-state index in [-0.39, 0.29) is 6.04 Å². The van der Waals surface area contributed by atoms with Crippen molar-refractivity contribution in [2.75, 3.05) is 7.05 Å². The van der Waals surface area contributed by atoms with Crippen molar-refractivity contribution >= 4 is 0 Å². The fourth-order valence-electron chi connectivity index (χ4n) is 1.73. The van der Waals surface area contributed by atoms with Gasteiger partial charge in [-0.05, 0) is 38.2 Å². The van der Waals surface area contributed by atoms with Crippen molar-refractivity contribution in [1.82, 2.24) is 5.32 Å². The Balaban J connectivity index is 2.34. The van der Waals surface area contributed by atoms with Gasteiger partial charge in [0, 0.05) is 5.56 Å². The van der Waals surface area contributed by atoms with Gasteiger partial charge < -0.3 is 9.73 Å². The van der Waals surface area contributed by atoms with E-state index in [0.717, 1.165) is 12.1 Å². The SMILES string of the molecule is CNC(C)c1ccc(-c2cccc(C(F)(F)F)c2)o1. The number of furan rings is 1. The van der Waals surface area contributed by atoms with E-state index in [2.05, 4.69) is 5.32 Å². The summed E-state index contributed by atoms with van der Waals surface area (Å²) in [5.41, 5.74) is -0.256. The molecule has 19 heavy (non-hydrogen) atoms. The minimum atomic E-state index is -4.34. The van der Waals surface area contributed by atoms with Crippen LogP contribution in [-0.2, 0) is 6.18 Å². The number of alkyl halides is 3. The molecule has 1 heterocycles. The van der Waals surface area contributed by atoms with E-state index in [9.17, 15) is 13.2 Å². The van der Waals surface area contributed by atoms with Crippen LogP contribution in [0.5, 0.6) is 0 Å². The Hall–Kier alpha value is -1.75. The molecule has 0 aliphatic carbocycles. The lowest BCUT2D eigenvalue weighted by atomic mass is 10.1. The van der Waals surface area contributed by atoms with Crippen molar-refractivity contribution in [3.05, 3.63) is 47.7 Å². The van der Waals surface area contributed by atoms with E-state index < -0.39 is 11.7 Å². The van der Waals surface area contributed by atoms with E-state index in [1.165, 1.54) is 6.07 Å². The Labute approximate surface area is 109 Å². The monoisotopic (exact) mass is 269 g/mol. The quantitative estimate of drug-likeness (QED) is 0.901. The molecule has 1 atom stereocenters. The molecule has 1 aromatic carbocycles. The van der Waals surface area contributed by atoms with Gasteiger partial charge in [0.2, 0.25) is 0 Å². The minimum absolute atomic E-state index is 0.0135. The number of benzene rings is 1. The lowest BCUT2D eigenvalue weighted by molar-refractivity contribution is -0.137. The van der Waals surface area contributed by atoms with Crippen LogP contribution in [0.3, 0.4) is 0 Å². The highest BCUT2D eigenvalue weighted by molar-refractivity contribution is 5.59. The maximum absolute atomic E-state index is 12.6. The normalized spacial score (nSPS) is 13.5. The summed E-state index contributed by atoms with van der Waals surface area (Å²) in [6, 6.07) is 8.56. The molecule has 1 aromatic heterocycles. The molecule has 1 N–H and O–H groups in total. The van der Waals surface area contributed by atoms with Crippen molar-refractivity contribution < 1.29 is 17.6 Å². The molecule has 0 aliphatic heterocycles. The van der Waals surface area contributed by atoms with E-state index in [4.69, 9.17) is 4.42 Å². The lowest BCUT2D eigenvalue weighted by Gasteiger charge is -2.08. The Bertz CT molecular complexity index is 560. The Morgan fingerprint density at radius 2 is 1.89 bits per heavy atom. The summed E-state index contributed by atoms with van der Waals surface area (Å²) < 4.78 is 43.5. The second-order valence-corrected chi connectivity index (χ2v) is 4.29. The van der Waals surface area contributed by atoms with Crippen molar-refractivity contribution in [2.24, 2.45) is 0 Å². The summed E-state index contributed by atoms with van der Waals surface area (Å²) in [5.74, 6) is 1.12. The first-order valence-electron chi connectivity index (χ1n) is 5.86. The van der Waals surface area contributed by atoms with Crippen LogP contribution in [0.25, 0.3) is 11.3 Å². The lowest BCUT2D eigenvalue weighted by Crippen LogP contribution is -2.11. The van der Waals surface area contributed by atoms with Gasteiger partial charge in [0.1, 0.15) is 11.5 Å². The first-order chi connectivity index (χ1) is 8.91. The molecular formula is C14H14F3NO. The Morgan fingerprint density at radius 3 is 2.53 bits per heavy atom. The third-order valence-electron chi connectivity index (χ3n) is 2.96. The maximum atomic E-state index is 12.6. The third kappa shape index (κ3) is 2.98. The average molecular weight is 269 g/mol.